The Balaban J connectivity index is 2.66. The second kappa shape index (κ2) is 6.76. The maximum absolute atomic E-state index is 12.4. The van der Waals surface area contributed by atoms with Gasteiger partial charge in [-0.1, -0.05) is 27.5 Å². The number of ether oxygens (including phenoxy) is 2. The van der Waals surface area contributed by atoms with Crippen LogP contribution < -0.4 is 9.47 Å². The quantitative estimate of drug-likeness (QED) is 0.439. The van der Waals surface area contributed by atoms with Crippen LogP contribution in [0.3, 0.4) is 0 Å². The predicted octanol–water partition coefficient (Wildman–Crippen LogP) is 4.24. The lowest BCUT2D eigenvalue weighted by Crippen LogP contribution is -2.34. The number of rotatable bonds is 3. The minimum absolute atomic E-state index is 0.100. The number of aromatic nitrogens is 1. The Morgan fingerprint density at radius 1 is 1.22 bits per heavy atom. The summed E-state index contributed by atoms with van der Waals surface area (Å²) in [5.74, 6) is -0.443. The highest BCUT2D eigenvalue weighted by Crippen LogP contribution is 2.34. The third-order valence-electron chi connectivity index (χ3n) is 3.31. The number of halogens is 2. The van der Waals surface area contributed by atoms with Gasteiger partial charge in [0.05, 0.1) is 12.1 Å². The average molecular weight is 401 g/mol. The molecule has 0 atom stereocenters. The molecule has 2 aromatic rings. The van der Waals surface area contributed by atoms with E-state index in [1.54, 1.807) is 6.92 Å². The summed E-state index contributed by atoms with van der Waals surface area (Å²) >= 11 is 9.51. The normalized spacial score (nSPS) is 10.5. The molecule has 0 amide bonds. The maximum Gasteiger partial charge on any atom is 0.401 e. The number of pyridine rings is 1. The third-order valence-corrected chi connectivity index (χ3v) is 4.06. The fourth-order valence-corrected chi connectivity index (χ4v) is 3.22. The molecule has 122 valence electrons. The molecule has 0 unspecified atom stereocenters. The number of benzene rings is 1. The Bertz CT molecular complexity index is 769. The zero-order valence-electron chi connectivity index (χ0n) is 13.1. The molecule has 1 aromatic carbocycles. The summed E-state index contributed by atoms with van der Waals surface area (Å²) in [7, 11) is 1.22. The highest BCUT2D eigenvalue weighted by molar-refractivity contribution is 9.10. The van der Waals surface area contributed by atoms with Gasteiger partial charge >= 0.3 is 11.8 Å². The summed E-state index contributed by atoms with van der Waals surface area (Å²) in [4.78, 5) is 12.0. The van der Waals surface area contributed by atoms with E-state index in [1.807, 2.05) is 26.0 Å². The van der Waals surface area contributed by atoms with E-state index < -0.39 is 5.97 Å². The van der Waals surface area contributed by atoms with Crippen molar-refractivity contribution in [1.29, 1.82) is 0 Å². The van der Waals surface area contributed by atoms with E-state index in [-0.39, 0.29) is 16.5 Å². The highest BCUT2D eigenvalue weighted by Gasteiger charge is 2.29. The number of hydrogen-bond donors (Lipinski definition) is 0. The van der Waals surface area contributed by atoms with Crippen LogP contribution >= 0.6 is 27.5 Å². The summed E-state index contributed by atoms with van der Waals surface area (Å²) in [5.41, 5.74) is 1.83. The first-order valence-corrected chi connectivity index (χ1v) is 7.89. The Labute approximate surface area is 147 Å². The molecule has 0 saturated heterocycles. The number of carbonyl (C=O) groups is 1. The van der Waals surface area contributed by atoms with Crippen molar-refractivity contribution >= 4 is 33.5 Å². The Morgan fingerprint density at radius 2 is 1.78 bits per heavy atom. The molecule has 0 aliphatic rings. The molecule has 0 fully saturated rings. The second-order valence-electron chi connectivity index (χ2n) is 5.07. The van der Waals surface area contributed by atoms with E-state index in [4.69, 9.17) is 21.1 Å². The number of esters is 1. The van der Waals surface area contributed by atoms with E-state index in [2.05, 4.69) is 15.9 Å². The van der Waals surface area contributed by atoms with Gasteiger partial charge in [-0.05, 0) is 37.1 Å². The molecule has 2 rings (SSSR count). The fraction of sp³-hybridized carbons (Fsp3) is 0.250. The number of carbonyl (C=O) groups excluding carboxylic acids is 1. The largest absolute Gasteiger partial charge is 0.616 e. The molecule has 1 heterocycles. The molecule has 0 saturated carbocycles. The van der Waals surface area contributed by atoms with Crippen LogP contribution in [-0.4, -0.2) is 13.1 Å². The molecule has 0 bridgehead atoms. The molecule has 0 N–H and O–H groups in total. The van der Waals surface area contributed by atoms with Crippen molar-refractivity contribution in [2.75, 3.05) is 7.11 Å². The topological polar surface area (TPSA) is 62.5 Å². The smallest absolute Gasteiger partial charge is 0.401 e. The van der Waals surface area contributed by atoms with Gasteiger partial charge in [-0.15, -0.1) is 4.73 Å². The number of hydrogen-bond acceptors (Lipinski definition) is 4. The van der Waals surface area contributed by atoms with E-state index >= 15 is 0 Å². The van der Waals surface area contributed by atoms with Crippen LogP contribution in [0.2, 0.25) is 5.02 Å². The van der Waals surface area contributed by atoms with Crippen LogP contribution in [0.15, 0.2) is 22.7 Å². The minimum atomic E-state index is -0.734. The molecular formula is C16H15BrClNO4. The summed E-state index contributed by atoms with van der Waals surface area (Å²) in [6.07, 6.45) is 0. The third kappa shape index (κ3) is 3.43. The molecule has 5 nitrogen and oxygen atoms in total. The van der Waals surface area contributed by atoms with Crippen molar-refractivity contribution in [3.8, 4) is 11.6 Å². The Morgan fingerprint density at radius 3 is 2.30 bits per heavy atom. The van der Waals surface area contributed by atoms with Crippen molar-refractivity contribution in [2.45, 2.75) is 20.8 Å². The van der Waals surface area contributed by atoms with Gasteiger partial charge in [-0.25, -0.2) is 4.79 Å². The molecule has 1 aromatic heterocycles. The molecule has 0 radical (unpaired) electrons. The second-order valence-corrected chi connectivity index (χ2v) is 6.39. The molecule has 0 spiro atoms. The zero-order chi connectivity index (χ0) is 17.3. The number of aryl methyl sites for hydroxylation is 3. The van der Waals surface area contributed by atoms with Gasteiger partial charge in [0, 0.05) is 17.5 Å². The molecule has 0 aliphatic heterocycles. The maximum atomic E-state index is 12.4. The van der Waals surface area contributed by atoms with E-state index in [0.29, 0.717) is 16.2 Å². The lowest BCUT2D eigenvalue weighted by atomic mass is 10.1. The average Bonchev–Trinajstić information content (AvgIpc) is 2.46. The Hall–Kier alpha value is -1.79. The summed E-state index contributed by atoms with van der Waals surface area (Å²) < 4.78 is 11.9. The van der Waals surface area contributed by atoms with E-state index in [0.717, 1.165) is 15.6 Å². The van der Waals surface area contributed by atoms with E-state index in [9.17, 15) is 10.0 Å². The van der Waals surface area contributed by atoms with Crippen molar-refractivity contribution in [3.05, 3.63) is 55.3 Å². The van der Waals surface area contributed by atoms with Crippen LogP contribution in [0.4, 0.5) is 0 Å². The standard InChI is InChI=1S/C16H15BrClNO4/c1-8-5-11(17)6-9(2)14(8)23-15-13(16(20)22-4)12(18)7-10(3)19(15)21/h5-7H,1-4H3. The van der Waals surface area contributed by atoms with Gasteiger partial charge < -0.3 is 14.7 Å². The SMILES string of the molecule is COC(=O)c1c(Cl)cc(C)[n+]([O-])c1Oc1c(C)cc(Br)cc1C. The van der Waals surface area contributed by atoms with Crippen LogP contribution in [-0.2, 0) is 4.74 Å². The summed E-state index contributed by atoms with van der Waals surface area (Å²) in [5, 5.41) is 12.5. The first-order chi connectivity index (χ1) is 10.8. The van der Waals surface area contributed by atoms with Crippen LogP contribution in [0.1, 0.15) is 27.2 Å². The zero-order valence-corrected chi connectivity index (χ0v) is 15.4. The number of methoxy groups -OCH3 is 1. The monoisotopic (exact) mass is 399 g/mol. The highest BCUT2D eigenvalue weighted by atomic mass is 79.9. The van der Waals surface area contributed by atoms with E-state index in [1.165, 1.54) is 13.2 Å². The van der Waals surface area contributed by atoms with Gasteiger partial charge in [0.25, 0.3) is 0 Å². The van der Waals surface area contributed by atoms with Gasteiger partial charge in [0.15, 0.2) is 11.3 Å². The van der Waals surface area contributed by atoms with Gasteiger partial charge in [0.1, 0.15) is 5.75 Å². The summed E-state index contributed by atoms with van der Waals surface area (Å²) in [6, 6.07) is 5.11. The first kappa shape index (κ1) is 17.6. The lowest BCUT2D eigenvalue weighted by Gasteiger charge is -2.15. The fourth-order valence-electron chi connectivity index (χ4n) is 2.21. The van der Waals surface area contributed by atoms with Crippen LogP contribution in [0.5, 0.6) is 11.6 Å². The lowest BCUT2D eigenvalue weighted by molar-refractivity contribution is -0.618. The Kier molecular flexibility index (Phi) is 5.16. The first-order valence-electron chi connectivity index (χ1n) is 6.71. The van der Waals surface area contributed by atoms with Crippen molar-refractivity contribution < 1.29 is 19.0 Å². The van der Waals surface area contributed by atoms with Gasteiger partial charge in [-0.3, -0.25) is 0 Å². The molecule has 23 heavy (non-hydrogen) atoms. The van der Waals surface area contributed by atoms with Gasteiger partial charge in [0.2, 0.25) is 0 Å². The van der Waals surface area contributed by atoms with Crippen molar-refractivity contribution in [2.24, 2.45) is 0 Å². The molecule has 0 aliphatic carbocycles. The van der Waals surface area contributed by atoms with Crippen LogP contribution in [0.25, 0.3) is 0 Å². The van der Waals surface area contributed by atoms with Crippen LogP contribution in [0, 0.1) is 26.0 Å². The molecule has 7 heteroatoms. The van der Waals surface area contributed by atoms with Gasteiger partial charge in [-0.2, -0.15) is 0 Å². The minimum Gasteiger partial charge on any atom is -0.616 e. The predicted molar refractivity (Wildman–Crippen MR) is 90.2 cm³/mol. The number of nitrogens with zero attached hydrogens (tertiary/aromatic N) is 1. The van der Waals surface area contributed by atoms with Crippen molar-refractivity contribution in [3.63, 3.8) is 0 Å². The summed E-state index contributed by atoms with van der Waals surface area (Å²) in [6.45, 7) is 5.27. The molecular weight excluding hydrogens is 386 g/mol. The van der Waals surface area contributed by atoms with Crippen molar-refractivity contribution in [1.82, 2.24) is 0 Å².